The molecule has 5 nitrogen and oxygen atoms in total. The summed E-state index contributed by atoms with van der Waals surface area (Å²) in [4.78, 5) is 18.2. The third-order valence-corrected chi connectivity index (χ3v) is 3.69. The van der Waals surface area contributed by atoms with E-state index in [1.165, 1.54) is 6.42 Å². The first-order valence-electron chi connectivity index (χ1n) is 8.00. The molecule has 1 aromatic heterocycles. The Kier molecular flexibility index (Phi) is 6.31. The molecule has 0 aromatic carbocycles. The first-order chi connectivity index (χ1) is 10.3. The van der Waals surface area contributed by atoms with Crippen molar-refractivity contribution in [1.82, 2.24) is 9.88 Å². The monoisotopic (exact) mass is 290 g/mol. The maximum Gasteiger partial charge on any atom is 0.224 e. The van der Waals surface area contributed by atoms with Crippen molar-refractivity contribution < 1.29 is 4.79 Å². The van der Waals surface area contributed by atoms with E-state index in [1.54, 1.807) is 6.20 Å². The molecule has 0 bridgehead atoms. The lowest BCUT2D eigenvalue weighted by molar-refractivity contribution is -0.131. The number of nitrogens with zero attached hydrogens (tertiary/aromatic N) is 2. The number of likely N-dealkylation sites (tertiary alicyclic amines) is 1. The number of aromatic nitrogens is 1. The van der Waals surface area contributed by atoms with Gasteiger partial charge in [0.25, 0.3) is 0 Å². The van der Waals surface area contributed by atoms with Crippen molar-refractivity contribution in [2.45, 2.75) is 39.0 Å². The first kappa shape index (κ1) is 15.6. The number of rotatable bonds is 7. The zero-order chi connectivity index (χ0) is 14.9. The molecular weight excluding hydrogens is 264 g/mol. The van der Waals surface area contributed by atoms with Crippen LogP contribution in [0.15, 0.2) is 18.5 Å². The molecule has 0 spiro atoms. The number of anilines is 2. The SMILES string of the molecule is CCCNc1cncc(NCCC(=O)N2CCCCC2)c1. The van der Waals surface area contributed by atoms with E-state index in [-0.39, 0.29) is 5.91 Å². The normalized spacial score (nSPS) is 14.8. The topological polar surface area (TPSA) is 57.3 Å². The Hall–Kier alpha value is -1.78. The molecule has 21 heavy (non-hydrogen) atoms. The third kappa shape index (κ3) is 5.25. The van der Waals surface area contributed by atoms with Gasteiger partial charge in [-0.25, -0.2) is 0 Å². The van der Waals surface area contributed by atoms with Gasteiger partial charge in [0.15, 0.2) is 0 Å². The summed E-state index contributed by atoms with van der Waals surface area (Å²) < 4.78 is 0. The summed E-state index contributed by atoms with van der Waals surface area (Å²) in [5, 5.41) is 6.59. The zero-order valence-electron chi connectivity index (χ0n) is 12.9. The summed E-state index contributed by atoms with van der Waals surface area (Å²) in [6, 6.07) is 2.04. The van der Waals surface area contributed by atoms with Crippen molar-refractivity contribution in [2.75, 3.05) is 36.8 Å². The molecule has 2 N–H and O–H groups in total. The lowest BCUT2D eigenvalue weighted by Gasteiger charge is -2.26. The third-order valence-electron chi connectivity index (χ3n) is 3.69. The van der Waals surface area contributed by atoms with Gasteiger partial charge in [0.1, 0.15) is 0 Å². The minimum Gasteiger partial charge on any atom is -0.384 e. The van der Waals surface area contributed by atoms with Gasteiger partial charge in [0.05, 0.1) is 23.8 Å². The molecule has 1 saturated heterocycles. The molecule has 1 aliphatic rings. The van der Waals surface area contributed by atoms with Crippen molar-refractivity contribution in [1.29, 1.82) is 0 Å². The van der Waals surface area contributed by atoms with Crippen LogP contribution < -0.4 is 10.6 Å². The summed E-state index contributed by atoms with van der Waals surface area (Å²) in [6.07, 6.45) is 8.80. The number of carbonyl (C=O) groups excluding carboxylic acids is 1. The second-order valence-electron chi connectivity index (χ2n) is 5.51. The quantitative estimate of drug-likeness (QED) is 0.810. The second-order valence-corrected chi connectivity index (χ2v) is 5.51. The van der Waals surface area contributed by atoms with E-state index in [0.717, 1.165) is 50.3 Å². The van der Waals surface area contributed by atoms with Gasteiger partial charge < -0.3 is 15.5 Å². The molecule has 0 radical (unpaired) electrons. The lowest BCUT2D eigenvalue weighted by atomic mass is 10.1. The molecule has 0 unspecified atom stereocenters. The Morgan fingerprint density at radius 2 is 1.81 bits per heavy atom. The van der Waals surface area contributed by atoms with E-state index in [1.807, 2.05) is 17.2 Å². The highest BCUT2D eigenvalue weighted by Crippen LogP contribution is 2.13. The minimum absolute atomic E-state index is 0.260. The number of piperidine rings is 1. The predicted octanol–water partition coefficient (Wildman–Crippen LogP) is 2.72. The van der Waals surface area contributed by atoms with Crippen LogP contribution in [0.2, 0.25) is 0 Å². The zero-order valence-corrected chi connectivity index (χ0v) is 12.9. The summed E-state index contributed by atoms with van der Waals surface area (Å²) in [7, 11) is 0. The molecule has 0 atom stereocenters. The van der Waals surface area contributed by atoms with Crippen molar-refractivity contribution in [2.24, 2.45) is 0 Å². The lowest BCUT2D eigenvalue weighted by Crippen LogP contribution is -2.36. The van der Waals surface area contributed by atoms with Crippen molar-refractivity contribution in [3.05, 3.63) is 18.5 Å². The van der Waals surface area contributed by atoms with Crippen LogP contribution >= 0.6 is 0 Å². The summed E-state index contributed by atoms with van der Waals surface area (Å²) in [6.45, 7) is 5.59. The van der Waals surface area contributed by atoms with Gasteiger partial charge in [0.2, 0.25) is 5.91 Å². The molecule has 5 heteroatoms. The minimum atomic E-state index is 0.260. The van der Waals surface area contributed by atoms with Crippen molar-refractivity contribution >= 4 is 17.3 Å². The van der Waals surface area contributed by atoms with Crippen LogP contribution in [0.25, 0.3) is 0 Å². The number of hydrogen-bond acceptors (Lipinski definition) is 4. The molecule has 1 aromatic rings. The molecule has 0 aliphatic carbocycles. The number of hydrogen-bond donors (Lipinski definition) is 2. The van der Waals surface area contributed by atoms with Crippen LogP contribution in [-0.4, -0.2) is 42.0 Å². The van der Waals surface area contributed by atoms with Crippen molar-refractivity contribution in [3.8, 4) is 0 Å². The van der Waals surface area contributed by atoms with Gasteiger partial charge in [-0.15, -0.1) is 0 Å². The molecule has 0 saturated carbocycles. The number of nitrogens with one attached hydrogen (secondary N) is 2. The Morgan fingerprint density at radius 3 is 2.48 bits per heavy atom. The molecule has 2 heterocycles. The van der Waals surface area contributed by atoms with E-state index < -0.39 is 0 Å². The standard InChI is InChI=1S/C16H26N4O/c1-2-7-18-14-11-15(13-17-12-14)19-8-6-16(21)20-9-4-3-5-10-20/h11-13,18-19H,2-10H2,1H3. The van der Waals surface area contributed by atoms with Crippen LogP contribution in [0.1, 0.15) is 39.0 Å². The number of carbonyl (C=O) groups is 1. The Morgan fingerprint density at radius 1 is 1.14 bits per heavy atom. The Balaban J connectivity index is 1.73. The Bertz CT molecular complexity index is 444. The summed E-state index contributed by atoms with van der Waals surface area (Å²) in [5.74, 6) is 0.260. The van der Waals surface area contributed by atoms with Gasteiger partial charge in [-0.1, -0.05) is 6.92 Å². The van der Waals surface area contributed by atoms with E-state index in [0.29, 0.717) is 13.0 Å². The molecule has 1 aliphatic heterocycles. The van der Waals surface area contributed by atoms with Crippen LogP contribution in [0.5, 0.6) is 0 Å². The summed E-state index contributed by atoms with van der Waals surface area (Å²) >= 11 is 0. The average Bonchev–Trinajstić information content (AvgIpc) is 2.54. The predicted molar refractivity (Wildman–Crippen MR) is 86.6 cm³/mol. The maximum atomic E-state index is 12.1. The van der Waals surface area contributed by atoms with Crippen molar-refractivity contribution in [3.63, 3.8) is 0 Å². The van der Waals surface area contributed by atoms with E-state index in [9.17, 15) is 4.79 Å². The first-order valence-corrected chi connectivity index (χ1v) is 8.00. The van der Waals surface area contributed by atoms with E-state index in [2.05, 4.69) is 22.5 Å². The maximum absolute atomic E-state index is 12.1. The Labute approximate surface area is 127 Å². The van der Waals surface area contributed by atoms with Crippen LogP contribution in [0.4, 0.5) is 11.4 Å². The second kappa shape index (κ2) is 8.49. The highest BCUT2D eigenvalue weighted by atomic mass is 16.2. The van der Waals surface area contributed by atoms with Gasteiger partial charge in [0, 0.05) is 32.6 Å². The molecule has 2 rings (SSSR count). The van der Waals surface area contributed by atoms with Gasteiger partial charge in [-0.3, -0.25) is 9.78 Å². The van der Waals surface area contributed by atoms with Gasteiger partial charge in [-0.2, -0.15) is 0 Å². The van der Waals surface area contributed by atoms with Gasteiger partial charge in [-0.05, 0) is 31.7 Å². The molecule has 116 valence electrons. The number of pyridine rings is 1. The fraction of sp³-hybridized carbons (Fsp3) is 0.625. The van der Waals surface area contributed by atoms with E-state index >= 15 is 0 Å². The largest absolute Gasteiger partial charge is 0.384 e. The van der Waals surface area contributed by atoms with Gasteiger partial charge >= 0.3 is 0 Å². The van der Waals surface area contributed by atoms with Crippen LogP contribution in [0, 0.1) is 0 Å². The average molecular weight is 290 g/mol. The number of amides is 1. The molecule has 1 amide bonds. The highest BCUT2D eigenvalue weighted by Gasteiger charge is 2.15. The highest BCUT2D eigenvalue weighted by molar-refractivity contribution is 5.76. The van der Waals surface area contributed by atoms with E-state index in [4.69, 9.17) is 0 Å². The summed E-state index contributed by atoms with van der Waals surface area (Å²) in [5.41, 5.74) is 1.98. The smallest absolute Gasteiger partial charge is 0.224 e. The molecular formula is C16H26N4O. The van der Waals surface area contributed by atoms with Crippen LogP contribution in [0.3, 0.4) is 0 Å². The fourth-order valence-electron chi connectivity index (χ4n) is 2.52. The molecule has 1 fully saturated rings. The van der Waals surface area contributed by atoms with Crippen LogP contribution in [-0.2, 0) is 4.79 Å². The fourth-order valence-corrected chi connectivity index (χ4v) is 2.52.